The highest BCUT2D eigenvalue weighted by Crippen LogP contribution is 2.30. The van der Waals surface area contributed by atoms with Crippen molar-refractivity contribution in [3.8, 4) is 5.75 Å². The van der Waals surface area contributed by atoms with Crippen molar-refractivity contribution < 1.29 is 10.0 Å². The number of para-hydroxylation sites is 1. The van der Waals surface area contributed by atoms with Crippen molar-refractivity contribution in [2.24, 2.45) is 4.99 Å². The highest BCUT2D eigenvalue weighted by atomic mass is 16.6. The van der Waals surface area contributed by atoms with E-state index in [0.717, 1.165) is 17.7 Å². The molecule has 0 aliphatic carbocycles. The quantitative estimate of drug-likeness (QED) is 0.486. The standard InChI is InChI=1S/C18H20N2O3/c1-4-12(2)16-7-5-6-8-17(16)19-11-14-10-15(20(22)23)9-13(3)18(14)21/h5-12,21H,4H2,1-3H3/t12-/m1/s1. The van der Waals surface area contributed by atoms with E-state index in [4.69, 9.17) is 0 Å². The van der Waals surface area contributed by atoms with E-state index in [1.54, 1.807) is 6.92 Å². The molecule has 5 nitrogen and oxygen atoms in total. The molecule has 0 spiro atoms. The lowest BCUT2D eigenvalue weighted by molar-refractivity contribution is -0.384. The molecule has 0 heterocycles. The fraction of sp³-hybridized carbons (Fsp3) is 0.278. The largest absolute Gasteiger partial charge is 0.507 e. The Morgan fingerprint density at radius 1 is 1.35 bits per heavy atom. The van der Waals surface area contributed by atoms with Gasteiger partial charge in [0.15, 0.2) is 0 Å². The van der Waals surface area contributed by atoms with Gasteiger partial charge in [-0.25, -0.2) is 0 Å². The minimum atomic E-state index is -0.475. The maximum Gasteiger partial charge on any atom is 0.270 e. The van der Waals surface area contributed by atoms with Crippen molar-refractivity contribution in [1.29, 1.82) is 0 Å². The Kier molecular flexibility index (Phi) is 5.11. The molecular formula is C18H20N2O3. The van der Waals surface area contributed by atoms with E-state index in [0.29, 0.717) is 17.0 Å². The zero-order valence-corrected chi connectivity index (χ0v) is 13.5. The van der Waals surface area contributed by atoms with Crippen molar-refractivity contribution in [3.63, 3.8) is 0 Å². The molecule has 120 valence electrons. The van der Waals surface area contributed by atoms with E-state index in [-0.39, 0.29) is 11.4 Å². The number of nitro groups is 1. The number of phenols is 1. The molecule has 0 fully saturated rings. The van der Waals surface area contributed by atoms with Crippen LogP contribution in [0.2, 0.25) is 0 Å². The molecule has 0 saturated carbocycles. The van der Waals surface area contributed by atoms with Crippen LogP contribution in [0.25, 0.3) is 0 Å². The van der Waals surface area contributed by atoms with Gasteiger partial charge in [-0.15, -0.1) is 0 Å². The van der Waals surface area contributed by atoms with Gasteiger partial charge in [-0.05, 0) is 36.5 Å². The Morgan fingerprint density at radius 3 is 2.70 bits per heavy atom. The van der Waals surface area contributed by atoms with Crippen molar-refractivity contribution in [1.82, 2.24) is 0 Å². The summed E-state index contributed by atoms with van der Waals surface area (Å²) in [7, 11) is 0. The molecule has 1 N–H and O–H groups in total. The van der Waals surface area contributed by atoms with Crippen LogP contribution in [0, 0.1) is 17.0 Å². The van der Waals surface area contributed by atoms with Gasteiger partial charge in [0, 0.05) is 23.9 Å². The summed E-state index contributed by atoms with van der Waals surface area (Å²) in [6.07, 6.45) is 2.48. The van der Waals surface area contributed by atoms with Gasteiger partial charge in [-0.3, -0.25) is 15.1 Å². The third kappa shape index (κ3) is 3.74. The van der Waals surface area contributed by atoms with E-state index >= 15 is 0 Å². The number of non-ortho nitro benzene ring substituents is 1. The van der Waals surface area contributed by atoms with Gasteiger partial charge in [0.1, 0.15) is 5.75 Å². The van der Waals surface area contributed by atoms with E-state index < -0.39 is 4.92 Å². The van der Waals surface area contributed by atoms with Crippen LogP contribution in [0.5, 0.6) is 5.75 Å². The normalized spacial score (nSPS) is 12.5. The zero-order valence-electron chi connectivity index (χ0n) is 13.5. The van der Waals surface area contributed by atoms with Gasteiger partial charge < -0.3 is 5.11 Å². The number of nitro benzene ring substituents is 1. The second-order valence-corrected chi connectivity index (χ2v) is 5.58. The number of aromatic hydroxyl groups is 1. The number of aliphatic imine (C=N–C) groups is 1. The molecule has 5 heteroatoms. The first kappa shape index (κ1) is 16.7. The summed E-state index contributed by atoms with van der Waals surface area (Å²) in [6, 6.07) is 10.5. The Balaban J connectivity index is 2.44. The molecule has 0 saturated heterocycles. The fourth-order valence-electron chi connectivity index (χ4n) is 2.37. The summed E-state index contributed by atoms with van der Waals surface area (Å²) >= 11 is 0. The van der Waals surface area contributed by atoms with Crippen LogP contribution in [0.1, 0.15) is 42.9 Å². The summed E-state index contributed by atoms with van der Waals surface area (Å²) in [5.41, 5.74) is 2.67. The van der Waals surface area contributed by atoms with E-state index in [2.05, 4.69) is 18.8 Å². The van der Waals surface area contributed by atoms with Crippen molar-refractivity contribution in [2.45, 2.75) is 33.1 Å². The third-order valence-corrected chi connectivity index (χ3v) is 3.95. The zero-order chi connectivity index (χ0) is 17.0. The van der Waals surface area contributed by atoms with Gasteiger partial charge in [0.2, 0.25) is 0 Å². The average molecular weight is 312 g/mol. The molecule has 0 radical (unpaired) electrons. The van der Waals surface area contributed by atoms with Crippen LogP contribution in [-0.2, 0) is 0 Å². The molecule has 0 aliphatic heterocycles. The Bertz CT molecular complexity index is 754. The number of phenolic OH excluding ortho intramolecular Hbond substituents is 1. The number of aryl methyl sites for hydroxylation is 1. The lowest BCUT2D eigenvalue weighted by Crippen LogP contribution is -1.94. The molecule has 1 atom stereocenters. The first-order valence-electron chi connectivity index (χ1n) is 7.55. The van der Waals surface area contributed by atoms with Gasteiger partial charge in [0.05, 0.1) is 10.6 Å². The van der Waals surface area contributed by atoms with Crippen molar-refractivity contribution >= 4 is 17.6 Å². The number of hydrogen-bond acceptors (Lipinski definition) is 4. The topological polar surface area (TPSA) is 75.7 Å². The average Bonchev–Trinajstić information content (AvgIpc) is 2.55. The molecule has 2 aromatic rings. The third-order valence-electron chi connectivity index (χ3n) is 3.95. The van der Waals surface area contributed by atoms with Crippen molar-refractivity contribution in [2.75, 3.05) is 0 Å². The monoisotopic (exact) mass is 312 g/mol. The maximum absolute atomic E-state index is 11.0. The molecule has 0 bridgehead atoms. The summed E-state index contributed by atoms with van der Waals surface area (Å²) in [5.74, 6) is 0.379. The van der Waals surface area contributed by atoms with Crippen LogP contribution in [0.3, 0.4) is 0 Å². The lowest BCUT2D eigenvalue weighted by atomic mass is 9.97. The van der Waals surface area contributed by atoms with Crippen LogP contribution in [0.15, 0.2) is 41.4 Å². The highest BCUT2D eigenvalue weighted by Gasteiger charge is 2.13. The van der Waals surface area contributed by atoms with E-state index in [9.17, 15) is 15.2 Å². The summed E-state index contributed by atoms with van der Waals surface area (Å²) in [5, 5.41) is 21.0. The molecule has 2 aromatic carbocycles. The smallest absolute Gasteiger partial charge is 0.270 e. The van der Waals surface area contributed by atoms with Gasteiger partial charge >= 0.3 is 0 Å². The molecule has 0 aromatic heterocycles. The van der Waals surface area contributed by atoms with Gasteiger partial charge in [0.25, 0.3) is 5.69 Å². The highest BCUT2D eigenvalue weighted by molar-refractivity contribution is 5.87. The van der Waals surface area contributed by atoms with E-state index in [1.807, 2.05) is 24.3 Å². The number of hydrogen-bond donors (Lipinski definition) is 1. The van der Waals surface area contributed by atoms with Crippen LogP contribution < -0.4 is 0 Å². The van der Waals surface area contributed by atoms with Gasteiger partial charge in [-0.2, -0.15) is 0 Å². The molecule has 0 amide bonds. The predicted octanol–water partition coefficient (Wildman–Crippen LogP) is 4.87. The minimum Gasteiger partial charge on any atom is -0.507 e. The lowest BCUT2D eigenvalue weighted by Gasteiger charge is -2.11. The summed E-state index contributed by atoms with van der Waals surface area (Å²) < 4.78 is 0. The van der Waals surface area contributed by atoms with E-state index in [1.165, 1.54) is 18.3 Å². The number of benzene rings is 2. The Hall–Kier alpha value is -2.69. The van der Waals surface area contributed by atoms with Crippen molar-refractivity contribution in [3.05, 3.63) is 63.2 Å². The molecule has 2 rings (SSSR count). The second kappa shape index (κ2) is 7.05. The molecule has 23 heavy (non-hydrogen) atoms. The van der Waals surface area contributed by atoms with Crippen LogP contribution >= 0.6 is 0 Å². The number of nitrogens with zero attached hydrogens (tertiary/aromatic N) is 2. The minimum absolute atomic E-state index is 0.0142. The Morgan fingerprint density at radius 2 is 2.04 bits per heavy atom. The molecule has 0 unspecified atom stereocenters. The van der Waals surface area contributed by atoms with Crippen LogP contribution in [0.4, 0.5) is 11.4 Å². The Labute approximate surface area is 135 Å². The summed E-state index contributed by atoms with van der Waals surface area (Å²) in [6.45, 7) is 5.87. The molecule has 0 aliphatic rings. The predicted molar refractivity (Wildman–Crippen MR) is 91.9 cm³/mol. The molecular weight excluding hydrogens is 292 g/mol. The number of rotatable bonds is 5. The SMILES string of the molecule is CC[C@@H](C)c1ccccc1N=Cc1cc([N+](=O)[O-])cc(C)c1O. The van der Waals surface area contributed by atoms with Gasteiger partial charge in [-0.1, -0.05) is 32.0 Å². The second-order valence-electron chi connectivity index (χ2n) is 5.58. The first-order chi connectivity index (χ1) is 10.9. The fourth-order valence-corrected chi connectivity index (χ4v) is 2.37. The van der Waals surface area contributed by atoms with Crippen LogP contribution in [-0.4, -0.2) is 16.2 Å². The maximum atomic E-state index is 11.0. The first-order valence-corrected chi connectivity index (χ1v) is 7.55. The summed E-state index contributed by atoms with van der Waals surface area (Å²) in [4.78, 5) is 14.9.